The third-order valence-electron chi connectivity index (χ3n) is 3.92. The highest BCUT2D eigenvalue weighted by Crippen LogP contribution is 2.39. The van der Waals surface area contributed by atoms with Crippen LogP contribution in [0.1, 0.15) is 64.2 Å². The fourth-order valence-corrected chi connectivity index (χ4v) is 2.55. The summed E-state index contributed by atoms with van der Waals surface area (Å²) in [5.41, 5.74) is 6.40. The van der Waals surface area contributed by atoms with E-state index in [1.165, 1.54) is 64.2 Å². The third-order valence-corrected chi connectivity index (χ3v) is 3.92. The van der Waals surface area contributed by atoms with Gasteiger partial charge in [0.15, 0.2) is 0 Å². The minimum absolute atomic E-state index is 0.298. The number of hydrogen-bond donors (Lipinski definition) is 1. The molecule has 0 aliphatic heterocycles. The lowest BCUT2D eigenvalue weighted by atomic mass is 9.92. The third kappa shape index (κ3) is 2.98. The SMILES string of the molecule is NC1(CCC2CCCCCC2)CC1. The second kappa shape index (κ2) is 4.00. The maximum atomic E-state index is 6.10. The first kappa shape index (κ1) is 9.51. The van der Waals surface area contributed by atoms with E-state index in [1.54, 1.807) is 0 Å². The van der Waals surface area contributed by atoms with Crippen LogP contribution in [-0.2, 0) is 0 Å². The molecular weight excluding hydrogens is 158 g/mol. The molecule has 2 N–H and O–H groups in total. The Labute approximate surface area is 82.1 Å². The minimum atomic E-state index is 0.298. The molecule has 76 valence electrons. The summed E-state index contributed by atoms with van der Waals surface area (Å²) in [4.78, 5) is 0. The molecule has 0 aromatic carbocycles. The van der Waals surface area contributed by atoms with E-state index in [0.29, 0.717) is 5.54 Å². The molecular formula is C12H23N. The van der Waals surface area contributed by atoms with Gasteiger partial charge < -0.3 is 5.73 Å². The van der Waals surface area contributed by atoms with Gasteiger partial charge in [-0.1, -0.05) is 38.5 Å². The van der Waals surface area contributed by atoms with E-state index >= 15 is 0 Å². The van der Waals surface area contributed by atoms with Crippen molar-refractivity contribution in [2.24, 2.45) is 11.7 Å². The Morgan fingerprint density at radius 2 is 1.62 bits per heavy atom. The maximum Gasteiger partial charge on any atom is 0.0155 e. The molecule has 2 rings (SSSR count). The Morgan fingerprint density at radius 3 is 2.15 bits per heavy atom. The second-order valence-corrected chi connectivity index (χ2v) is 5.26. The highest BCUT2D eigenvalue weighted by Gasteiger charge is 2.37. The summed E-state index contributed by atoms with van der Waals surface area (Å²) in [6, 6.07) is 0. The molecule has 0 aromatic rings. The van der Waals surface area contributed by atoms with Crippen molar-refractivity contribution in [3.63, 3.8) is 0 Å². The summed E-state index contributed by atoms with van der Waals surface area (Å²) in [5.74, 6) is 1.02. The van der Waals surface area contributed by atoms with Crippen LogP contribution in [0.2, 0.25) is 0 Å². The van der Waals surface area contributed by atoms with Crippen molar-refractivity contribution in [3.05, 3.63) is 0 Å². The number of nitrogens with two attached hydrogens (primary N) is 1. The Morgan fingerprint density at radius 1 is 1.00 bits per heavy atom. The highest BCUT2D eigenvalue weighted by atomic mass is 14.8. The highest BCUT2D eigenvalue weighted by molar-refractivity contribution is 4.98. The zero-order valence-electron chi connectivity index (χ0n) is 8.73. The molecule has 2 aliphatic rings. The molecule has 0 heterocycles. The molecule has 0 unspecified atom stereocenters. The summed E-state index contributed by atoms with van der Waals surface area (Å²) in [7, 11) is 0. The average molecular weight is 181 g/mol. The number of hydrogen-bond acceptors (Lipinski definition) is 1. The van der Waals surface area contributed by atoms with Crippen LogP contribution < -0.4 is 5.73 Å². The van der Waals surface area contributed by atoms with Crippen molar-refractivity contribution >= 4 is 0 Å². The van der Waals surface area contributed by atoms with Crippen LogP contribution in [0.25, 0.3) is 0 Å². The summed E-state index contributed by atoms with van der Waals surface area (Å²) < 4.78 is 0. The van der Waals surface area contributed by atoms with Crippen molar-refractivity contribution in [1.82, 2.24) is 0 Å². The predicted octanol–water partition coefficient (Wildman–Crippen LogP) is 3.23. The Hall–Kier alpha value is -0.0400. The normalized spacial score (nSPS) is 28.4. The van der Waals surface area contributed by atoms with Crippen LogP contribution in [0.3, 0.4) is 0 Å². The maximum absolute atomic E-state index is 6.10. The lowest BCUT2D eigenvalue weighted by Gasteiger charge is -2.16. The van der Waals surface area contributed by atoms with Crippen LogP contribution in [0.15, 0.2) is 0 Å². The molecule has 2 aliphatic carbocycles. The van der Waals surface area contributed by atoms with Crippen LogP contribution in [0.5, 0.6) is 0 Å². The topological polar surface area (TPSA) is 26.0 Å². The summed E-state index contributed by atoms with van der Waals surface area (Å²) in [5, 5.41) is 0. The molecule has 0 spiro atoms. The largest absolute Gasteiger partial charge is 0.325 e. The minimum Gasteiger partial charge on any atom is -0.325 e. The molecule has 0 amide bonds. The zero-order chi connectivity index (χ0) is 9.15. The summed E-state index contributed by atoms with van der Waals surface area (Å²) in [6.07, 6.45) is 14.2. The van der Waals surface area contributed by atoms with Crippen LogP contribution in [0.4, 0.5) is 0 Å². The van der Waals surface area contributed by atoms with Crippen molar-refractivity contribution in [2.45, 2.75) is 69.7 Å². The Bertz CT molecular complexity index is 153. The molecule has 0 bridgehead atoms. The van der Waals surface area contributed by atoms with Gasteiger partial charge in [0, 0.05) is 5.54 Å². The standard InChI is InChI=1S/C12H23N/c13-12(9-10-12)8-7-11-5-3-1-2-4-6-11/h11H,1-10,13H2. The fraction of sp³-hybridized carbons (Fsp3) is 1.00. The van der Waals surface area contributed by atoms with Gasteiger partial charge in [-0.05, 0) is 31.6 Å². The van der Waals surface area contributed by atoms with Gasteiger partial charge in [0.1, 0.15) is 0 Å². The first-order valence-corrected chi connectivity index (χ1v) is 6.07. The van der Waals surface area contributed by atoms with Gasteiger partial charge >= 0.3 is 0 Å². The van der Waals surface area contributed by atoms with Crippen molar-refractivity contribution in [1.29, 1.82) is 0 Å². The smallest absolute Gasteiger partial charge is 0.0155 e. The van der Waals surface area contributed by atoms with E-state index in [4.69, 9.17) is 5.73 Å². The van der Waals surface area contributed by atoms with Crippen molar-refractivity contribution < 1.29 is 0 Å². The van der Waals surface area contributed by atoms with E-state index in [2.05, 4.69) is 0 Å². The monoisotopic (exact) mass is 181 g/mol. The quantitative estimate of drug-likeness (QED) is 0.665. The van der Waals surface area contributed by atoms with Crippen molar-refractivity contribution in [2.75, 3.05) is 0 Å². The van der Waals surface area contributed by atoms with Gasteiger partial charge in [-0.2, -0.15) is 0 Å². The van der Waals surface area contributed by atoms with Crippen molar-refractivity contribution in [3.8, 4) is 0 Å². The van der Waals surface area contributed by atoms with Gasteiger partial charge in [-0.15, -0.1) is 0 Å². The lowest BCUT2D eigenvalue weighted by molar-refractivity contribution is 0.390. The first-order chi connectivity index (χ1) is 6.29. The van der Waals surface area contributed by atoms with Gasteiger partial charge in [-0.3, -0.25) is 0 Å². The number of rotatable bonds is 3. The van der Waals surface area contributed by atoms with Gasteiger partial charge in [0.2, 0.25) is 0 Å². The van der Waals surface area contributed by atoms with Crippen LogP contribution in [-0.4, -0.2) is 5.54 Å². The Kier molecular flexibility index (Phi) is 2.92. The van der Waals surface area contributed by atoms with Crippen LogP contribution >= 0.6 is 0 Å². The van der Waals surface area contributed by atoms with E-state index in [9.17, 15) is 0 Å². The predicted molar refractivity (Wildman–Crippen MR) is 56.6 cm³/mol. The molecule has 2 saturated carbocycles. The lowest BCUT2D eigenvalue weighted by Crippen LogP contribution is -2.22. The fourth-order valence-electron chi connectivity index (χ4n) is 2.55. The summed E-state index contributed by atoms with van der Waals surface area (Å²) in [6.45, 7) is 0. The van der Waals surface area contributed by atoms with E-state index in [1.807, 2.05) is 0 Å². The van der Waals surface area contributed by atoms with Gasteiger partial charge in [0.25, 0.3) is 0 Å². The molecule has 0 aromatic heterocycles. The van der Waals surface area contributed by atoms with Gasteiger partial charge in [-0.25, -0.2) is 0 Å². The molecule has 0 atom stereocenters. The van der Waals surface area contributed by atoms with E-state index < -0.39 is 0 Å². The van der Waals surface area contributed by atoms with E-state index in [0.717, 1.165) is 5.92 Å². The zero-order valence-corrected chi connectivity index (χ0v) is 8.73. The van der Waals surface area contributed by atoms with E-state index in [-0.39, 0.29) is 0 Å². The molecule has 2 fully saturated rings. The molecule has 13 heavy (non-hydrogen) atoms. The average Bonchev–Trinajstić information content (AvgIpc) is 2.87. The molecule has 1 heteroatoms. The molecule has 0 saturated heterocycles. The van der Waals surface area contributed by atoms with Crippen LogP contribution in [0, 0.1) is 5.92 Å². The molecule has 1 nitrogen and oxygen atoms in total. The Balaban J connectivity index is 1.67. The first-order valence-electron chi connectivity index (χ1n) is 6.07. The van der Waals surface area contributed by atoms with Gasteiger partial charge in [0.05, 0.1) is 0 Å². The molecule has 0 radical (unpaired) electrons. The second-order valence-electron chi connectivity index (χ2n) is 5.26. The summed E-state index contributed by atoms with van der Waals surface area (Å²) >= 11 is 0.